The lowest BCUT2D eigenvalue weighted by atomic mass is 10.0. The van der Waals surface area contributed by atoms with Crippen molar-refractivity contribution in [3.05, 3.63) is 47.7 Å². The second-order valence-corrected chi connectivity index (χ2v) is 17.9. The first-order chi connectivity index (χ1) is 25.5. The van der Waals surface area contributed by atoms with Gasteiger partial charge >= 0.3 is 6.09 Å². The number of alkyl carbamates (subject to hydrolysis) is 1. The minimum atomic E-state index is -4.02. The number of benzene rings is 1. The summed E-state index contributed by atoms with van der Waals surface area (Å²) in [5.41, 5.74) is -0.337. The normalized spacial score (nSPS) is 26.1. The summed E-state index contributed by atoms with van der Waals surface area (Å²) >= 11 is 0. The molecule has 0 radical (unpaired) electrons. The van der Waals surface area contributed by atoms with Crippen LogP contribution in [0.4, 0.5) is 4.79 Å². The van der Waals surface area contributed by atoms with Gasteiger partial charge in [0.2, 0.25) is 27.7 Å². The molecule has 292 valence electrons. The number of hydrogen-bond acceptors (Lipinski definition) is 11. The first-order valence-corrected chi connectivity index (χ1v) is 20.1. The molecule has 0 unspecified atom stereocenters. The predicted molar refractivity (Wildman–Crippen MR) is 199 cm³/mol. The molecule has 4 atom stereocenters. The van der Waals surface area contributed by atoms with Crippen LogP contribution < -0.4 is 24.8 Å². The number of rotatable bonds is 8. The van der Waals surface area contributed by atoms with Crippen molar-refractivity contribution in [2.45, 2.75) is 126 Å². The summed E-state index contributed by atoms with van der Waals surface area (Å²) < 4.78 is 44.7. The highest BCUT2D eigenvalue weighted by atomic mass is 32.2. The Morgan fingerprint density at radius 1 is 1.09 bits per heavy atom. The Kier molecular flexibility index (Phi) is 10.7. The van der Waals surface area contributed by atoms with Crippen LogP contribution in [0.15, 0.2) is 42.0 Å². The molecular formula is C38H50N6O9S. The van der Waals surface area contributed by atoms with Crippen molar-refractivity contribution in [2.75, 3.05) is 13.7 Å². The van der Waals surface area contributed by atoms with E-state index in [1.807, 2.05) is 13.0 Å². The maximum atomic E-state index is 14.5. The molecule has 2 aliphatic carbocycles. The van der Waals surface area contributed by atoms with E-state index in [-0.39, 0.29) is 18.8 Å². The number of methoxy groups -OCH3 is 1. The highest BCUT2D eigenvalue weighted by molar-refractivity contribution is 7.91. The number of sulfonamides is 1. The first kappa shape index (κ1) is 39.0. The summed E-state index contributed by atoms with van der Waals surface area (Å²) in [5.74, 6) is -1.26. The van der Waals surface area contributed by atoms with E-state index in [9.17, 15) is 27.6 Å². The lowest BCUT2D eigenvalue weighted by molar-refractivity contribution is -0.141. The Morgan fingerprint density at radius 3 is 2.54 bits per heavy atom. The molecule has 16 heteroatoms. The van der Waals surface area contributed by atoms with Crippen LogP contribution in [0.1, 0.15) is 91.7 Å². The van der Waals surface area contributed by atoms with Gasteiger partial charge in [-0.3, -0.25) is 14.4 Å². The number of fused-ring (bicyclic) bond motifs is 3. The Bertz CT molecular complexity index is 2000. The second kappa shape index (κ2) is 14.8. The lowest BCUT2D eigenvalue weighted by Gasteiger charge is -2.30. The van der Waals surface area contributed by atoms with E-state index in [0.29, 0.717) is 66.6 Å². The number of aromatic nitrogens is 2. The van der Waals surface area contributed by atoms with Gasteiger partial charge < -0.3 is 29.7 Å². The molecule has 54 heavy (non-hydrogen) atoms. The number of ether oxygens (including phenoxy) is 3. The number of allylic oxidation sites excluding steroid dienone is 1. The third-order valence-corrected chi connectivity index (χ3v) is 12.4. The van der Waals surface area contributed by atoms with Crippen LogP contribution in [0.5, 0.6) is 11.6 Å². The number of nitrogens with one attached hydrogen (secondary N) is 3. The smallest absolute Gasteiger partial charge is 0.408 e. The number of carbonyl (C=O) groups is 4. The largest absolute Gasteiger partial charge is 0.497 e. The van der Waals surface area contributed by atoms with Crippen LogP contribution in [0.2, 0.25) is 0 Å². The van der Waals surface area contributed by atoms with Gasteiger partial charge in [-0.05, 0) is 90.0 Å². The van der Waals surface area contributed by atoms with Gasteiger partial charge in [-0.25, -0.2) is 27.9 Å². The molecule has 1 aromatic heterocycles. The van der Waals surface area contributed by atoms with Gasteiger partial charge in [0, 0.05) is 12.5 Å². The van der Waals surface area contributed by atoms with Gasteiger partial charge in [0.1, 0.15) is 35.2 Å². The van der Waals surface area contributed by atoms with Gasteiger partial charge in [-0.15, -0.1) is 0 Å². The van der Waals surface area contributed by atoms with Crippen molar-refractivity contribution in [1.82, 2.24) is 30.2 Å². The molecule has 2 aliphatic heterocycles. The summed E-state index contributed by atoms with van der Waals surface area (Å²) in [6.45, 7) is 8.61. The molecular weight excluding hydrogens is 717 g/mol. The molecule has 6 rings (SSSR count). The number of hydrogen-bond donors (Lipinski definition) is 3. The van der Waals surface area contributed by atoms with Crippen LogP contribution in [-0.4, -0.2) is 94.8 Å². The number of carbonyl (C=O) groups excluding carboxylic acids is 4. The van der Waals surface area contributed by atoms with Crippen molar-refractivity contribution in [3.63, 3.8) is 0 Å². The summed E-state index contributed by atoms with van der Waals surface area (Å²) in [6.07, 6.45) is 8.00. The third kappa shape index (κ3) is 8.32. The number of nitrogens with zero attached hydrogens (tertiary/aromatic N) is 3. The molecule has 4 aliphatic rings. The topological polar surface area (TPSA) is 195 Å². The average molecular weight is 767 g/mol. The number of aryl methyl sites for hydroxylation is 1. The van der Waals surface area contributed by atoms with Crippen LogP contribution in [0, 0.1) is 0 Å². The number of amides is 4. The Morgan fingerprint density at radius 2 is 1.85 bits per heavy atom. The standard InChI is InChI=1S/C38H50N6O9S/c1-7-26-32(40-29-19-24(51-6)15-16-27(29)39-26)52-25-20-30-31(45)42-38(34(47)43-54(49,50)37(5)17-18-37)21-23(38)13-11-9-8-10-12-14-28(33(46)44(30)22-25)41-35(48)53-36(2,3)4/h11,13,15-16,19,21,25,28,30H,7-10,12,14,17-18,20,22H2,1-6H3,(H,41,48)(H,42,45)(H,43,47)/b13-11-/t25-,28+,30+,38-/m1/s1. The fourth-order valence-electron chi connectivity index (χ4n) is 6.73. The molecule has 1 saturated carbocycles. The molecule has 15 nitrogen and oxygen atoms in total. The van der Waals surface area contributed by atoms with E-state index in [0.717, 1.165) is 12.8 Å². The van der Waals surface area contributed by atoms with Gasteiger partial charge in [0.15, 0.2) is 5.54 Å². The predicted octanol–water partition coefficient (Wildman–Crippen LogP) is 3.76. The molecule has 4 amide bonds. The zero-order valence-electron chi connectivity index (χ0n) is 31.7. The van der Waals surface area contributed by atoms with E-state index >= 15 is 0 Å². The monoisotopic (exact) mass is 766 g/mol. The third-order valence-electron chi connectivity index (χ3n) is 10.3. The SMILES string of the molecule is CCc1nc2ccc(OC)cc2nc1O[C@@H]1C[C@H]2C(=O)N[C@]3(C(=O)NS(=O)(=O)C4(C)CC4)C=C3/C=C\CCCCC[C@H](NC(=O)OC(C)(C)C)C(=O)N2C1. The van der Waals surface area contributed by atoms with Crippen LogP contribution in [-0.2, 0) is 35.6 Å². The van der Waals surface area contributed by atoms with Crippen molar-refractivity contribution in [2.24, 2.45) is 0 Å². The minimum Gasteiger partial charge on any atom is -0.497 e. The maximum absolute atomic E-state index is 14.5. The fraction of sp³-hybridized carbons (Fsp3) is 0.579. The average Bonchev–Trinajstić information content (AvgIpc) is 3.99. The zero-order chi connectivity index (χ0) is 39.1. The van der Waals surface area contributed by atoms with Crippen LogP contribution >= 0.6 is 0 Å². The molecule has 0 bridgehead atoms. The maximum Gasteiger partial charge on any atom is 0.408 e. The summed E-state index contributed by atoms with van der Waals surface area (Å²) in [6, 6.07) is 3.14. The van der Waals surface area contributed by atoms with E-state index in [1.54, 1.807) is 59.1 Å². The van der Waals surface area contributed by atoms with Crippen LogP contribution in [0.25, 0.3) is 11.0 Å². The molecule has 2 aromatic rings. The fourth-order valence-corrected chi connectivity index (χ4v) is 8.02. The second-order valence-electron chi connectivity index (χ2n) is 15.7. The summed E-state index contributed by atoms with van der Waals surface area (Å²) in [5, 5.41) is 5.52. The van der Waals surface area contributed by atoms with Gasteiger partial charge in [0.25, 0.3) is 5.91 Å². The lowest BCUT2D eigenvalue weighted by Crippen LogP contribution is -2.59. The van der Waals surface area contributed by atoms with Gasteiger partial charge in [0.05, 0.1) is 29.4 Å². The summed E-state index contributed by atoms with van der Waals surface area (Å²) in [7, 11) is -2.47. The van der Waals surface area contributed by atoms with Crippen LogP contribution in [0.3, 0.4) is 0 Å². The van der Waals surface area contributed by atoms with Crippen molar-refractivity contribution < 1.29 is 41.8 Å². The Hall–Kier alpha value is -4.73. The Balaban J connectivity index is 1.32. The molecule has 3 heterocycles. The molecule has 1 aromatic carbocycles. The van der Waals surface area contributed by atoms with Crippen molar-refractivity contribution >= 4 is 44.9 Å². The summed E-state index contributed by atoms with van der Waals surface area (Å²) in [4.78, 5) is 66.5. The minimum absolute atomic E-state index is 0.0109. The van der Waals surface area contributed by atoms with E-state index in [4.69, 9.17) is 24.2 Å². The highest BCUT2D eigenvalue weighted by Gasteiger charge is 2.57. The first-order valence-electron chi connectivity index (χ1n) is 18.6. The van der Waals surface area contributed by atoms with Gasteiger partial charge in [-0.1, -0.05) is 31.9 Å². The molecule has 0 spiro atoms. The Labute approximate surface area is 315 Å². The molecule has 1 saturated heterocycles. The van der Waals surface area contributed by atoms with Gasteiger partial charge in [-0.2, -0.15) is 0 Å². The molecule has 2 fully saturated rings. The zero-order valence-corrected chi connectivity index (χ0v) is 32.5. The molecule has 3 N–H and O–H groups in total. The van der Waals surface area contributed by atoms with Crippen molar-refractivity contribution in [1.29, 1.82) is 0 Å². The van der Waals surface area contributed by atoms with E-state index < -0.39 is 67.9 Å². The van der Waals surface area contributed by atoms with E-state index in [2.05, 4.69) is 15.4 Å². The quantitative estimate of drug-likeness (QED) is 0.354. The van der Waals surface area contributed by atoms with Crippen molar-refractivity contribution in [3.8, 4) is 11.6 Å². The highest BCUT2D eigenvalue weighted by Crippen LogP contribution is 2.44. The van der Waals surface area contributed by atoms with E-state index in [1.165, 1.54) is 11.0 Å².